The van der Waals surface area contributed by atoms with Crippen LogP contribution in [0.3, 0.4) is 0 Å². The van der Waals surface area contributed by atoms with E-state index in [4.69, 9.17) is 11.6 Å². The van der Waals surface area contributed by atoms with E-state index in [1.54, 1.807) is 11.3 Å². The summed E-state index contributed by atoms with van der Waals surface area (Å²) in [5, 5.41) is 6.28. The molecule has 7 nitrogen and oxygen atoms in total. The van der Waals surface area contributed by atoms with Gasteiger partial charge >= 0.3 is 6.03 Å². The van der Waals surface area contributed by atoms with Crippen LogP contribution in [-0.4, -0.2) is 28.5 Å². The number of hydrazine groups is 1. The molecule has 2 rings (SSSR count). The second kappa shape index (κ2) is 9.58. The fourth-order valence-electron chi connectivity index (χ4n) is 1.91. The van der Waals surface area contributed by atoms with Crippen molar-refractivity contribution in [3.8, 4) is 0 Å². The summed E-state index contributed by atoms with van der Waals surface area (Å²) in [6.45, 7) is 1.87. The van der Waals surface area contributed by atoms with E-state index < -0.39 is 6.03 Å². The average molecular weight is 390 g/mol. The monoisotopic (exact) mass is 389 g/mol. The van der Waals surface area contributed by atoms with Gasteiger partial charge in [0.2, 0.25) is 5.91 Å². The molecule has 0 aromatic carbocycles. The van der Waals surface area contributed by atoms with E-state index in [2.05, 4.69) is 16.4 Å². The Morgan fingerprint density at radius 1 is 1.25 bits per heavy atom. The third-order valence-electron chi connectivity index (χ3n) is 3.06. The van der Waals surface area contributed by atoms with Crippen LogP contribution in [0.4, 0.5) is 9.93 Å². The summed E-state index contributed by atoms with van der Waals surface area (Å²) in [6, 6.07) is 3.49. The number of carbonyl (C=O) groups excluding carboxylic acids is 2. The van der Waals surface area contributed by atoms with Crippen molar-refractivity contribution in [1.29, 1.82) is 0 Å². The maximum Gasteiger partial charge on any atom is 0.328 e. The van der Waals surface area contributed by atoms with E-state index in [-0.39, 0.29) is 18.3 Å². The van der Waals surface area contributed by atoms with Crippen LogP contribution in [0.25, 0.3) is 0 Å². The molecule has 3 amide bonds. The van der Waals surface area contributed by atoms with E-state index in [9.17, 15) is 9.59 Å². The molecule has 132 valence electrons. The van der Waals surface area contributed by atoms with Crippen LogP contribution in [-0.2, 0) is 24.1 Å². The highest BCUT2D eigenvalue weighted by Crippen LogP contribution is 2.21. The number of urea groups is 1. The van der Waals surface area contributed by atoms with Gasteiger partial charge in [0.05, 0.1) is 5.69 Å². The molecule has 0 unspecified atom stereocenters. The predicted molar refractivity (Wildman–Crippen MR) is 99.6 cm³/mol. The number of aryl methyl sites for hydroxylation is 2. The maximum absolute atomic E-state index is 11.0. The van der Waals surface area contributed by atoms with E-state index in [1.807, 2.05) is 11.4 Å². The van der Waals surface area contributed by atoms with Crippen LogP contribution >= 0.6 is 35.1 Å². The van der Waals surface area contributed by atoms with Crippen molar-refractivity contribution in [3.05, 3.63) is 33.0 Å². The number of nitrogens with two attached hydrogens (primary N) is 2. The number of amides is 3. The second-order valence-electron chi connectivity index (χ2n) is 4.97. The summed E-state index contributed by atoms with van der Waals surface area (Å²) in [5.74, 6) is 5.36. The van der Waals surface area contributed by atoms with Gasteiger partial charge in [-0.2, -0.15) is 0 Å². The number of halogens is 1. The summed E-state index contributed by atoms with van der Waals surface area (Å²) in [6.07, 6.45) is 2.39. The van der Waals surface area contributed by atoms with Crippen molar-refractivity contribution in [2.75, 3.05) is 11.9 Å². The van der Waals surface area contributed by atoms with Crippen molar-refractivity contribution in [2.45, 2.75) is 26.2 Å². The number of carbonyl (C=O) groups is 2. The molecular weight excluding hydrogens is 370 g/mol. The molecule has 0 aliphatic heterocycles. The molecule has 0 atom stereocenters. The molecule has 0 saturated heterocycles. The van der Waals surface area contributed by atoms with Crippen molar-refractivity contribution >= 4 is 52.2 Å². The molecule has 0 saturated carbocycles. The smallest absolute Gasteiger partial charge is 0.328 e. The average Bonchev–Trinajstić information content (AvgIpc) is 3.11. The second-order valence-corrected chi connectivity index (χ2v) is 7.09. The normalized spacial score (nSPS) is 10.1. The molecule has 2 aromatic heterocycles. The van der Waals surface area contributed by atoms with Gasteiger partial charge in [0.25, 0.3) is 0 Å². The summed E-state index contributed by atoms with van der Waals surface area (Å²) in [5.41, 5.74) is 6.05. The zero-order chi connectivity index (χ0) is 16.8. The minimum absolute atomic E-state index is 0. The highest BCUT2D eigenvalue weighted by atomic mass is 35.5. The fourth-order valence-corrected chi connectivity index (χ4v) is 3.71. The Kier molecular flexibility index (Phi) is 8.13. The molecule has 0 radical (unpaired) electrons. The lowest BCUT2D eigenvalue weighted by molar-refractivity contribution is -0.114. The Morgan fingerprint density at radius 3 is 2.54 bits per heavy atom. The minimum atomic E-state index is -0.625. The number of thiophene rings is 1. The van der Waals surface area contributed by atoms with Gasteiger partial charge in [0.15, 0.2) is 5.13 Å². The lowest BCUT2D eigenvalue weighted by Crippen LogP contribution is -2.42. The molecule has 0 aliphatic rings. The predicted octanol–water partition coefficient (Wildman–Crippen LogP) is 2.17. The maximum atomic E-state index is 11.0. The van der Waals surface area contributed by atoms with Gasteiger partial charge in [-0.25, -0.2) is 15.6 Å². The van der Waals surface area contributed by atoms with Gasteiger partial charge in [-0.15, -0.1) is 35.1 Å². The van der Waals surface area contributed by atoms with Crippen molar-refractivity contribution in [3.63, 3.8) is 0 Å². The molecule has 2 aromatic rings. The van der Waals surface area contributed by atoms with Gasteiger partial charge in [-0.05, 0) is 25.0 Å². The fraction of sp³-hybridized carbons (Fsp3) is 0.357. The van der Waals surface area contributed by atoms with Gasteiger partial charge < -0.3 is 11.1 Å². The molecule has 24 heavy (non-hydrogen) atoms. The Balaban J connectivity index is 0.00000288. The summed E-state index contributed by atoms with van der Waals surface area (Å²) >= 11 is 3.12. The van der Waals surface area contributed by atoms with Crippen molar-refractivity contribution in [1.82, 2.24) is 9.99 Å². The number of nitrogens with zero attached hydrogens (tertiary/aromatic N) is 2. The standard InChI is InChI=1S/C14H19N5O2S2.ClH/c1-9(20)17-14-18-10(8-22-14)2-3-11-4-5-12(23-11)6-7-19(16)13(15)21;/h4-5,8H,2-3,6-7,16H2,1H3,(H2,15,21)(H,17,18,20);1H. The largest absolute Gasteiger partial charge is 0.350 e. The van der Waals surface area contributed by atoms with E-state index in [0.29, 0.717) is 18.1 Å². The zero-order valence-corrected chi connectivity index (χ0v) is 15.6. The third-order valence-corrected chi connectivity index (χ3v) is 5.07. The number of nitrogens with one attached hydrogen (secondary N) is 1. The van der Waals surface area contributed by atoms with Crippen molar-refractivity contribution < 1.29 is 9.59 Å². The Morgan fingerprint density at radius 2 is 1.92 bits per heavy atom. The quantitative estimate of drug-likeness (QED) is 0.382. The number of anilines is 1. The van der Waals surface area contributed by atoms with E-state index >= 15 is 0 Å². The Labute approximate surface area is 154 Å². The first kappa shape index (κ1) is 20.4. The first-order chi connectivity index (χ1) is 10.9. The molecule has 5 N–H and O–H groups in total. The first-order valence-corrected chi connectivity index (χ1v) is 8.75. The third kappa shape index (κ3) is 6.44. The van der Waals surface area contributed by atoms with Crippen LogP contribution in [0, 0.1) is 0 Å². The van der Waals surface area contributed by atoms with Crippen LogP contribution in [0.15, 0.2) is 17.5 Å². The van der Waals surface area contributed by atoms with Gasteiger partial charge in [-0.3, -0.25) is 9.80 Å². The highest BCUT2D eigenvalue weighted by Gasteiger charge is 2.08. The lowest BCUT2D eigenvalue weighted by atomic mass is 10.2. The summed E-state index contributed by atoms with van der Waals surface area (Å²) < 4.78 is 0. The van der Waals surface area contributed by atoms with Gasteiger partial charge in [0, 0.05) is 35.0 Å². The zero-order valence-electron chi connectivity index (χ0n) is 13.2. The molecule has 0 spiro atoms. The lowest BCUT2D eigenvalue weighted by Gasteiger charge is -2.11. The van der Waals surface area contributed by atoms with Gasteiger partial charge in [0.1, 0.15) is 0 Å². The molecule has 0 fully saturated rings. The number of hydrogen-bond donors (Lipinski definition) is 3. The van der Waals surface area contributed by atoms with Crippen LogP contribution in [0.1, 0.15) is 22.4 Å². The molecule has 2 heterocycles. The Bertz CT molecular complexity index is 688. The van der Waals surface area contributed by atoms with Crippen molar-refractivity contribution in [2.24, 2.45) is 11.6 Å². The minimum Gasteiger partial charge on any atom is -0.350 e. The number of primary amides is 1. The number of thiazole rings is 1. The number of hydrogen-bond acceptors (Lipinski definition) is 6. The summed E-state index contributed by atoms with van der Waals surface area (Å²) in [7, 11) is 0. The molecular formula is C14H20ClN5O2S2. The van der Waals surface area contributed by atoms with Crippen LogP contribution in [0.2, 0.25) is 0 Å². The molecule has 0 bridgehead atoms. The number of aromatic nitrogens is 1. The summed E-state index contributed by atoms with van der Waals surface area (Å²) in [4.78, 5) is 28.6. The number of rotatable bonds is 7. The Hall–Kier alpha value is -1.68. The van der Waals surface area contributed by atoms with Gasteiger partial charge in [-0.1, -0.05) is 0 Å². The molecule has 0 aliphatic carbocycles. The van der Waals surface area contributed by atoms with Crippen LogP contribution in [0.5, 0.6) is 0 Å². The first-order valence-electron chi connectivity index (χ1n) is 7.05. The SMILES string of the molecule is CC(=O)Nc1nc(CCc2ccc(CCN(N)C(N)=O)s2)cs1.Cl. The highest BCUT2D eigenvalue weighted by molar-refractivity contribution is 7.14. The molecule has 10 heteroatoms. The topological polar surface area (TPSA) is 114 Å². The van der Waals surface area contributed by atoms with Crippen LogP contribution < -0.4 is 16.9 Å². The van der Waals surface area contributed by atoms with E-state index in [1.165, 1.54) is 23.1 Å². The van der Waals surface area contributed by atoms with E-state index in [0.717, 1.165) is 28.4 Å².